The van der Waals surface area contributed by atoms with E-state index in [-0.39, 0.29) is 5.97 Å². The first-order chi connectivity index (χ1) is 10.2. The highest BCUT2D eigenvalue weighted by atomic mass is 35.5. The zero-order chi connectivity index (χ0) is 14.8. The molecule has 0 unspecified atom stereocenters. The smallest absolute Gasteiger partial charge is 0.337 e. The number of rotatable bonds is 2. The lowest BCUT2D eigenvalue weighted by Crippen LogP contribution is -2.29. The number of ether oxygens (including phenoxy) is 2. The molecular weight excluding hydrogens is 290 g/mol. The van der Waals surface area contributed by atoms with Crippen molar-refractivity contribution in [3.8, 4) is 5.75 Å². The second-order valence-electron chi connectivity index (χ2n) is 4.63. The maximum absolute atomic E-state index is 11.7. The average molecular weight is 304 g/mol. The lowest BCUT2D eigenvalue weighted by molar-refractivity contribution is 0.0600. The van der Waals surface area contributed by atoms with E-state index in [2.05, 4.69) is 0 Å². The van der Waals surface area contributed by atoms with Crippen molar-refractivity contribution in [1.29, 1.82) is 0 Å². The van der Waals surface area contributed by atoms with Crippen molar-refractivity contribution in [3.63, 3.8) is 0 Å². The molecule has 0 bridgehead atoms. The molecule has 0 fully saturated rings. The Morgan fingerprint density at radius 1 is 1.24 bits per heavy atom. The normalized spacial score (nSPS) is 13.3. The largest absolute Gasteiger partial charge is 0.490 e. The summed E-state index contributed by atoms with van der Waals surface area (Å²) in [5.74, 6) is 0.358. The van der Waals surface area contributed by atoms with Crippen LogP contribution in [0.4, 0.5) is 11.4 Å². The maximum Gasteiger partial charge on any atom is 0.337 e. The molecule has 0 spiro atoms. The molecule has 0 aliphatic carbocycles. The summed E-state index contributed by atoms with van der Waals surface area (Å²) in [6.07, 6.45) is 0. The van der Waals surface area contributed by atoms with Gasteiger partial charge in [0.15, 0.2) is 0 Å². The van der Waals surface area contributed by atoms with Gasteiger partial charge in [0.2, 0.25) is 0 Å². The Labute approximate surface area is 127 Å². The summed E-state index contributed by atoms with van der Waals surface area (Å²) in [6, 6.07) is 12.9. The van der Waals surface area contributed by atoms with Crippen molar-refractivity contribution in [2.45, 2.75) is 0 Å². The standard InChI is InChI=1S/C16H14ClNO3/c1-20-16(19)11-6-7-15-14(10-11)18(8-9-21-15)13-5-3-2-4-12(13)17/h2-7,10H,8-9H2,1H3. The van der Waals surface area contributed by atoms with Crippen molar-refractivity contribution < 1.29 is 14.3 Å². The second kappa shape index (κ2) is 5.66. The van der Waals surface area contributed by atoms with Gasteiger partial charge in [0, 0.05) is 0 Å². The van der Waals surface area contributed by atoms with Crippen molar-refractivity contribution in [1.82, 2.24) is 0 Å². The van der Waals surface area contributed by atoms with Gasteiger partial charge in [-0.05, 0) is 30.3 Å². The molecule has 3 rings (SSSR count). The van der Waals surface area contributed by atoms with E-state index in [0.29, 0.717) is 23.7 Å². The van der Waals surface area contributed by atoms with Crippen LogP contribution in [0.3, 0.4) is 0 Å². The first-order valence-electron chi connectivity index (χ1n) is 6.58. The molecule has 0 aromatic heterocycles. The van der Waals surface area contributed by atoms with Gasteiger partial charge in [-0.2, -0.15) is 0 Å². The number of halogens is 1. The van der Waals surface area contributed by atoms with Crippen LogP contribution in [0.25, 0.3) is 0 Å². The average Bonchev–Trinajstić information content (AvgIpc) is 2.53. The minimum absolute atomic E-state index is 0.373. The summed E-state index contributed by atoms with van der Waals surface area (Å²) in [5, 5.41) is 0.661. The molecule has 0 N–H and O–H groups in total. The second-order valence-corrected chi connectivity index (χ2v) is 5.03. The Morgan fingerprint density at radius 2 is 2.05 bits per heavy atom. The zero-order valence-corrected chi connectivity index (χ0v) is 12.3. The minimum atomic E-state index is -0.373. The number of para-hydroxylation sites is 1. The molecule has 2 aromatic rings. The highest BCUT2D eigenvalue weighted by Crippen LogP contribution is 2.39. The number of hydrogen-bond donors (Lipinski definition) is 0. The van der Waals surface area contributed by atoms with Crippen LogP contribution in [-0.4, -0.2) is 26.2 Å². The Balaban J connectivity index is 2.08. The lowest BCUT2D eigenvalue weighted by Gasteiger charge is -2.32. The Kier molecular flexibility index (Phi) is 3.71. The Bertz CT molecular complexity index is 687. The number of fused-ring (bicyclic) bond motifs is 1. The van der Waals surface area contributed by atoms with E-state index in [1.807, 2.05) is 29.2 Å². The molecule has 5 heteroatoms. The van der Waals surface area contributed by atoms with Crippen LogP contribution in [-0.2, 0) is 4.74 Å². The van der Waals surface area contributed by atoms with Crippen LogP contribution in [0.1, 0.15) is 10.4 Å². The van der Waals surface area contributed by atoms with E-state index in [9.17, 15) is 4.79 Å². The third-order valence-electron chi connectivity index (χ3n) is 3.39. The Morgan fingerprint density at radius 3 is 2.81 bits per heavy atom. The van der Waals surface area contributed by atoms with Crippen LogP contribution in [0.15, 0.2) is 42.5 Å². The number of methoxy groups -OCH3 is 1. The quantitative estimate of drug-likeness (QED) is 0.794. The number of anilines is 2. The molecule has 0 radical (unpaired) electrons. The molecule has 0 saturated heterocycles. The van der Waals surface area contributed by atoms with Crippen molar-refractivity contribution >= 4 is 28.9 Å². The Hall–Kier alpha value is -2.20. The van der Waals surface area contributed by atoms with E-state index in [0.717, 1.165) is 17.1 Å². The minimum Gasteiger partial charge on any atom is -0.490 e. The van der Waals surface area contributed by atoms with Gasteiger partial charge in [0.05, 0.1) is 35.6 Å². The van der Waals surface area contributed by atoms with E-state index < -0.39 is 0 Å². The summed E-state index contributed by atoms with van der Waals surface area (Å²) in [6.45, 7) is 1.23. The molecular formula is C16H14ClNO3. The van der Waals surface area contributed by atoms with Crippen LogP contribution in [0, 0.1) is 0 Å². The SMILES string of the molecule is COC(=O)c1ccc2c(c1)N(c1ccccc1Cl)CCO2. The monoisotopic (exact) mass is 303 g/mol. The maximum atomic E-state index is 11.7. The van der Waals surface area contributed by atoms with Gasteiger partial charge in [-0.3, -0.25) is 0 Å². The lowest BCUT2D eigenvalue weighted by atomic mass is 10.1. The predicted octanol–water partition coefficient (Wildman–Crippen LogP) is 3.66. The zero-order valence-electron chi connectivity index (χ0n) is 11.5. The molecule has 1 aliphatic heterocycles. The van der Waals surface area contributed by atoms with E-state index >= 15 is 0 Å². The summed E-state index contributed by atoms with van der Waals surface area (Å²) in [4.78, 5) is 13.8. The molecule has 0 amide bonds. The van der Waals surface area contributed by atoms with Crippen molar-refractivity contribution in [2.75, 3.05) is 25.2 Å². The number of nitrogens with zero attached hydrogens (tertiary/aromatic N) is 1. The van der Waals surface area contributed by atoms with E-state index in [1.165, 1.54) is 7.11 Å². The van der Waals surface area contributed by atoms with Gasteiger partial charge in [0.1, 0.15) is 12.4 Å². The van der Waals surface area contributed by atoms with Gasteiger partial charge in [-0.15, -0.1) is 0 Å². The van der Waals surface area contributed by atoms with Gasteiger partial charge >= 0.3 is 5.97 Å². The van der Waals surface area contributed by atoms with Gasteiger partial charge in [-0.1, -0.05) is 23.7 Å². The van der Waals surface area contributed by atoms with Crippen LogP contribution in [0.2, 0.25) is 5.02 Å². The number of esters is 1. The third-order valence-corrected chi connectivity index (χ3v) is 3.71. The fourth-order valence-corrected chi connectivity index (χ4v) is 2.62. The van der Waals surface area contributed by atoms with Gasteiger partial charge in [0.25, 0.3) is 0 Å². The molecule has 0 atom stereocenters. The summed E-state index contributed by atoms with van der Waals surface area (Å²) in [7, 11) is 1.37. The molecule has 1 aliphatic rings. The molecule has 1 heterocycles. The number of benzene rings is 2. The molecule has 4 nitrogen and oxygen atoms in total. The molecule has 0 saturated carbocycles. The topological polar surface area (TPSA) is 38.8 Å². The fourth-order valence-electron chi connectivity index (χ4n) is 2.38. The number of hydrogen-bond acceptors (Lipinski definition) is 4. The number of carbonyl (C=O) groups is 1. The molecule has 108 valence electrons. The van der Waals surface area contributed by atoms with Gasteiger partial charge < -0.3 is 14.4 Å². The predicted molar refractivity (Wildman–Crippen MR) is 81.7 cm³/mol. The van der Waals surface area contributed by atoms with Crippen LogP contribution in [0.5, 0.6) is 5.75 Å². The summed E-state index contributed by atoms with van der Waals surface area (Å²) in [5.41, 5.74) is 2.20. The highest BCUT2D eigenvalue weighted by molar-refractivity contribution is 6.33. The first-order valence-corrected chi connectivity index (χ1v) is 6.96. The first kappa shape index (κ1) is 13.8. The summed E-state index contributed by atoms with van der Waals surface area (Å²) < 4.78 is 10.4. The molecule has 2 aromatic carbocycles. The van der Waals surface area contributed by atoms with Gasteiger partial charge in [-0.25, -0.2) is 4.79 Å². The third kappa shape index (κ3) is 2.54. The van der Waals surface area contributed by atoms with E-state index in [1.54, 1.807) is 18.2 Å². The van der Waals surface area contributed by atoms with Crippen molar-refractivity contribution in [2.24, 2.45) is 0 Å². The molecule has 21 heavy (non-hydrogen) atoms. The summed E-state index contributed by atoms with van der Waals surface area (Å²) >= 11 is 6.28. The van der Waals surface area contributed by atoms with E-state index in [4.69, 9.17) is 21.1 Å². The van der Waals surface area contributed by atoms with Crippen molar-refractivity contribution in [3.05, 3.63) is 53.1 Å². The van der Waals surface area contributed by atoms with Crippen LogP contribution >= 0.6 is 11.6 Å². The highest BCUT2D eigenvalue weighted by Gasteiger charge is 2.22. The van der Waals surface area contributed by atoms with Crippen LogP contribution < -0.4 is 9.64 Å². The number of carbonyl (C=O) groups excluding carboxylic acids is 1. The fraction of sp³-hybridized carbons (Fsp3) is 0.188.